The quantitative estimate of drug-likeness (QED) is 0.873. The highest BCUT2D eigenvalue weighted by molar-refractivity contribution is 5.85. The molecule has 2 aromatic rings. The predicted molar refractivity (Wildman–Crippen MR) is 72.0 cm³/mol. The van der Waals surface area contributed by atoms with Gasteiger partial charge in [0.05, 0.1) is 5.69 Å². The van der Waals surface area contributed by atoms with Crippen LogP contribution >= 0.6 is 0 Å². The van der Waals surface area contributed by atoms with Crippen molar-refractivity contribution in [2.24, 2.45) is 0 Å². The molecule has 104 valence electrons. The number of aromatic hydroxyl groups is 1. The van der Waals surface area contributed by atoms with E-state index < -0.39 is 22.8 Å². The Balaban J connectivity index is 2.32. The minimum atomic E-state index is -1.45. The lowest BCUT2D eigenvalue weighted by molar-refractivity contribution is 0.0685. The lowest BCUT2D eigenvalue weighted by Gasteiger charge is -2.11. The lowest BCUT2D eigenvalue weighted by atomic mass is 10.1. The van der Waals surface area contributed by atoms with E-state index in [4.69, 9.17) is 5.11 Å². The van der Waals surface area contributed by atoms with E-state index in [1.54, 1.807) is 0 Å². The molecule has 0 atom stereocenters. The fourth-order valence-corrected chi connectivity index (χ4v) is 1.88. The van der Waals surface area contributed by atoms with E-state index in [1.165, 1.54) is 11.6 Å². The molecule has 0 bridgehead atoms. The smallest absolute Gasteiger partial charge is 0.360 e. The fraction of sp³-hybridized carbons (Fsp3) is 0.214. The van der Waals surface area contributed by atoms with Crippen molar-refractivity contribution < 1.29 is 15.0 Å². The van der Waals surface area contributed by atoms with Gasteiger partial charge < -0.3 is 10.2 Å². The molecule has 0 unspecified atom stereocenters. The minimum Gasteiger partial charge on any atom is -0.503 e. The molecule has 1 aromatic heterocycles. The first-order valence-corrected chi connectivity index (χ1v) is 6.08. The zero-order valence-corrected chi connectivity index (χ0v) is 10.9. The SMILES string of the molecule is Cc1c(O)c(=O)c(C(=O)O)nn1CCc1ccccc1. The number of aromatic nitrogens is 2. The second-order valence-electron chi connectivity index (χ2n) is 4.38. The van der Waals surface area contributed by atoms with E-state index in [0.29, 0.717) is 13.0 Å². The van der Waals surface area contributed by atoms with Crippen molar-refractivity contribution in [3.63, 3.8) is 0 Å². The van der Waals surface area contributed by atoms with Gasteiger partial charge in [-0.2, -0.15) is 5.10 Å². The van der Waals surface area contributed by atoms with Crippen molar-refractivity contribution in [1.82, 2.24) is 9.78 Å². The molecular weight excluding hydrogens is 260 g/mol. The standard InChI is InChI=1S/C14H14N2O4/c1-9-12(17)13(18)11(14(19)20)15-16(9)8-7-10-5-3-2-4-6-10/h2-6,17H,7-8H2,1H3,(H,19,20). The van der Waals surface area contributed by atoms with Crippen LogP contribution in [0, 0.1) is 6.92 Å². The number of carboxylic acid groups (broad SMARTS) is 1. The molecule has 0 spiro atoms. The zero-order chi connectivity index (χ0) is 14.7. The van der Waals surface area contributed by atoms with Crippen LogP contribution in [-0.4, -0.2) is 26.0 Å². The van der Waals surface area contributed by atoms with Gasteiger partial charge in [0, 0.05) is 6.54 Å². The molecule has 1 aromatic carbocycles. The van der Waals surface area contributed by atoms with Crippen LogP contribution in [-0.2, 0) is 13.0 Å². The Hall–Kier alpha value is -2.63. The average Bonchev–Trinajstić information content (AvgIpc) is 2.45. The molecule has 0 amide bonds. The number of aryl methyl sites for hydroxylation is 2. The van der Waals surface area contributed by atoms with Crippen LogP contribution in [0.2, 0.25) is 0 Å². The van der Waals surface area contributed by atoms with E-state index in [2.05, 4.69) is 5.10 Å². The predicted octanol–water partition coefficient (Wildman–Crippen LogP) is 1.20. The van der Waals surface area contributed by atoms with Crippen LogP contribution in [0.15, 0.2) is 35.1 Å². The number of carbonyl (C=O) groups is 1. The van der Waals surface area contributed by atoms with Crippen LogP contribution in [0.4, 0.5) is 0 Å². The van der Waals surface area contributed by atoms with Crippen LogP contribution < -0.4 is 5.43 Å². The Labute approximate surface area is 114 Å². The van der Waals surface area contributed by atoms with Gasteiger partial charge in [-0.3, -0.25) is 9.48 Å². The van der Waals surface area contributed by atoms with Gasteiger partial charge in [-0.15, -0.1) is 0 Å². The number of hydrogen-bond acceptors (Lipinski definition) is 4. The minimum absolute atomic E-state index is 0.260. The van der Waals surface area contributed by atoms with Gasteiger partial charge in [0.25, 0.3) is 5.43 Å². The number of carboxylic acids is 1. The Morgan fingerprint density at radius 3 is 2.55 bits per heavy atom. The van der Waals surface area contributed by atoms with Gasteiger partial charge in [-0.1, -0.05) is 30.3 Å². The van der Waals surface area contributed by atoms with E-state index in [-0.39, 0.29) is 5.69 Å². The maximum atomic E-state index is 11.6. The highest BCUT2D eigenvalue weighted by Gasteiger charge is 2.18. The Morgan fingerprint density at radius 2 is 1.95 bits per heavy atom. The summed E-state index contributed by atoms with van der Waals surface area (Å²) in [5, 5.41) is 22.4. The summed E-state index contributed by atoms with van der Waals surface area (Å²) in [5.41, 5.74) is -0.299. The molecule has 0 radical (unpaired) electrons. The summed E-state index contributed by atoms with van der Waals surface area (Å²) in [6.07, 6.45) is 0.621. The molecule has 6 nitrogen and oxygen atoms in total. The van der Waals surface area contributed by atoms with Crippen molar-refractivity contribution >= 4 is 5.97 Å². The largest absolute Gasteiger partial charge is 0.503 e. The number of rotatable bonds is 4. The summed E-state index contributed by atoms with van der Waals surface area (Å²) in [5.74, 6) is -2.01. The molecule has 20 heavy (non-hydrogen) atoms. The summed E-state index contributed by atoms with van der Waals surface area (Å²) in [6.45, 7) is 1.91. The topological polar surface area (TPSA) is 92.4 Å². The van der Waals surface area contributed by atoms with Gasteiger partial charge in [0.2, 0.25) is 5.69 Å². The van der Waals surface area contributed by atoms with E-state index in [1.807, 2.05) is 30.3 Å². The Morgan fingerprint density at radius 1 is 1.30 bits per heavy atom. The normalized spacial score (nSPS) is 10.4. The fourth-order valence-electron chi connectivity index (χ4n) is 1.88. The van der Waals surface area contributed by atoms with Crippen molar-refractivity contribution in [2.45, 2.75) is 19.9 Å². The van der Waals surface area contributed by atoms with Gasteiger partial charge in [0.1, 0.15) is 0 Å². The first-order valence-electron chi connectivity index (χ1n) is 6.08. The zero-order valence-electron chi connectivity index (χ0n) is 10.9. The molecule has 0 aliphatic rings. The molecular formula is C14H14N2O4. The van der Waals surface area contributed by atoms with Crippen LogP contribution in [0.3, 0.4) is 0 Å². The van der Waals surface area contributed by atoms with Crippen LogP contribution in [0.1, 0.15) is 21.7 Å². The maximum absolute atomic E-state index is 11.6. The molecule has 2 N–H and O–H groups in total. The van der Waals surface area contributed by atoms with Crippen molar-refractivity contribution in [2.75, 3.05) is 0 Å². The van der Waals surface area contributed by atoms with Crippen LogP contribution in [0.5, 0.6) is 5.75 Å². The molecule has 2 rings (SSSR count). The number of aromatic carboxylic acids is 1. The molecule has 6 heteroatoms. The lowest BCUT2D eigenvalue weighted by Crippen LogP contribution is -2.24. The third-order valence-electron chi connectivity index (χ3n) is 3.04. The summed E-state index contributed by atoms with van der Waals surface area (Å²) >= 11 is 0. The summed E-state index contributed by atoms with van der Waals surface area (Å²) in [7, 11) is 0. The third kappa shape index (κ3) is 2.69. The summed E-state index contributed by atoms with van der Waals surface area (Å²) < 4.78 is 1.34. The first-order chi connectivity index (χ1) is 9.50. The third-order valence-corrected chi connectivity index (χ3v) is 3.04. The Bertz CT molecular complexity index is 692. The Kier molecular flexibility index (Phi) is 3.84. The summed E-state index contributed by atoms with van der Waals surface area (Å²) in [4.78, 5) is 22.5. The van der Waals surface area contributed by atoms with Gasteiger partial charge in [0.15, 0.2) is 5.75 Å². The van der Waals surface area contributed by atoms with E-state index >= 15 is 0 Å². The number of hydrogen-bond donors (Lipinski definition) is 2. The molecule has 0 fully saturated rings. The van der Waals surface area contributed by atoms with Gasteiger partial charge in [-0.05, 0) is 18.9 Å². The van der Waals surface area contributed by atoms with Crippen LogP contribution in [0.25, 0.3) is 0 Å². The second-order valence-corrected chi connectivity index (χ2v) is 4.38. The van der Waals surface area contributed by atoms with Gasteiger partial charge >= 0.3 is 5.97 Å². The van der Waals surface area contributed by atoms with E-state index in [9.17, 15) is 14.7 Å². The molecule has 0 aliphatic heterocycles. The average molecular weight is 274 g/mol. The van der Waals surface area contributed by atoms with E-state index in [0.717, 1.165) is 5.56 Å². The molecule has 0 aliphatic carbocycles. The molecule has 0 saturated heterocycles. The van der Waals surface area contributed by atoms with Crippen molar-refractivity contribution in [1.29, 1.82) is 0 Å². The first kappa shape index (κ1) is 13.8. The number of nitrogens with zero attached hydrogens (tertiary/aromatic N) is 2. The molecule has 0 saturated carbocycles. The highest BCUT2D eigenvalue weighted by atomic mass is 16.4. The summed E-state index contributed by atoms with van der Waals surface area (Å²) in [6, 6.07) is 9.59. The van der Waals surface area contributed by atoms with Gasteiger partial charge in [-0.25, -0.2) is 4.79 Å². The van der Waals surface area contributed by atoms with Crippen molar-refractivity contribution in [3.05, 3.63) is 57.5 Å². The second kappa shape index (κ2) is 5.56. The monoisotopic (exact) mass is 274 g/mol. The molecule has 1 heterocycles. The van der Waals surface area contributed by atoms with Crippen molar-refractivity contribution in [3.8, 4) is 5.75 Å². The maximum Gasteiger partial charge on any atom is 0.360 e. The highest BCUT2D eigenvalue weighted by Crippen LogP contribution is 2.11. The number of benzene rings is 1.